The highest BCUT2D eigenvalue weighted by molar-refractivity contribution is 7.80. The van der Waals surface area contributed by atoms with Gasteiger partial charge in [0.2, 0.25) is 0 Å². The number of para-hydroxylation sites is 1. The third kappa shape index (κ3) is 3.90. The molecule has 2 heteroatoms. The minimum Gasteiger partial charge on any atom is -0.456 e. The van der Waals surface area contributed by atoms with Gasteiger partial charge in [0.15, 0.2) is 0 Å². The Bertz CT molecular complexity index is 1240. The largest absolute Gasteiger partial charge is 0.456 e. The number of ether oxygens (including phenoxy) is 1. The average molecular weight is 451 g/mol. The van der Waals surface area contributed by atoms with Crippen molar-refractivity contribution in [3.8, 4) is 11.5 Å². The molecule has 0 aromatic heterocycles. The van der Waals surface area contributed by atoms with Crippen molar-refractivity contribution in [2.75, 3.05) is 0 Å². The van der Waals surface area contributed by atoms with Gasteiger partial charge in [0.1, 0.15) is 11.5 Å². The summed E-state index contributed by atoms with van der Waals surface area (Å²) in [6, 6.07) is 35.1. The number of benzene rings is 4. The monoisotopic (exact) mass is 450 g/mol. The summed E-state index contributed by atoms with van der Waals surface area (Å²) in [6.07, 6.45) is 0. The maximum Gasteiger partial charge on any atom is 0.139 e. The van der Waals surface area contributed by atoms with E-state index in [4.69, 9.17) is 4.74 Å². The molecule has 1 aliphatic heterocycles. The van der Waals surface area contributed by atoms with Gasteiger partial charge in [-0.2, -0.15) is 0 Å². The zero-order chi connectivity index (χ0) is 23.2. The third-order valence-electron chi connectivity index (χ3n) is 6.65. The van der Waals surface area contributed by atoms with Crippen LogP contribution in [-0.2, 0) is 10.8 Å². The van der Waals surface area contributed by atoms with Crippen molar-refractivity contribution >= 4 is 23.8 Å². The minimum atomic E-state index is -0.780. The van der Waals surface area contributed by atoms with Crippen molar-refractivity contribution in [1.29, 1.82) is 0 Å². The SMILES string of the molecule is CC(C)(C)c1cc(P(c2ccccc2)c2ccccc2)c2c(c1)C(C)(C)c1ccccc1O2. The van der Waals surface area contributed by atoms with E-state index in [1.165, 1.54) is 32.6 Å². The van der Waals surface area contributed by atoms with E-state index in [-0.39, 0.29) is 10.8 Å². The van der Waals surface area contributed by atoms with Gasteiger partial charge in [-0.3, -0.25) is 0 Å². The van der Waals surface area contributed by atoms with E-state index in [0.29, 0.717) is 0 Å². The van der Waals surface area contributed by atoms with Crippen LogP contribution >= 0.6 is 7.92 Å². The zero-order valence-corrected chi connectivity index (χ0v) is 21.0. The molecule has 0 N–H and O–H groups in total. The molecule has 4 aromatic rings. The topological polar surface area (TPSA) is 9.23 Å². The molecule has 0 radical (unpaired) electrons. The molecule has 0 amide bonds. The van der Waals surface area contributed by atoms with Crippen molar-refractivity contribution in [1.82, 2.24) is 0 Å². The van der Waals surface area contributed by atoms with E-state index >= 15 is 0 Å². The molecule has 0 bridgehead atoms. The highest BCUT2D eigenvalue weighted by Crippen LogP contribution is 2.51. The van der Waals surface area contributed by atoms with Gasteiger partial charge in [-0.15, -0.1) is 0 Å². The molecule has 1 aliphatic rings. The Morgan fingerprint density at radius 1 is 0.667 bits per heavy atom. The van der Waals surface area contributed by atoms with E-state index in [0.717, 1.165) is 11.5 Å². The molecule has 0 saturated carbocycles. The van der Waals surface area contributed by atoms with Crippen LogP contribution in [0.1, 0.15) is 51.3 Å². The van der Waals surface area contributed by atoms with Gasteiger partial charge < -0.3 is 4.74 Å². The Labute approximate surface area is 199 Å². The summed E-state index contributed by atoms with van der Waals surface area (Å²) in [7, 11) is -0.780. The fraction of sp³-hybridized carbons (Fsp3) is 0.226. The number of rotatable bonds is 3. The summed E-state index contributed by atoms with van der Waals surface area (Å²) < 4.78 is 6.75. The first kappa shape index (κ1) is 21.9. The number of fused-ring (bicyclic) bond motifs is 2. The summed E-state index contributed by atoms with van der Waals surface area (Å²) in [5.74, 6) is 2.00. The van der Waals surface area contributed by atoms with Crippen LogP contribution in [0, 0.1) is 0 Å². The van der Waals surface area contributed by atoms with E-state index in [1.807, 2.05) is 0 Å². The predicted molar refractivity (Wildman–Crippen MR) is 142 cm³/mol. The van der Waals surface area contributed by atoms with Crippen molar-refractivity contribution in [2.45, 2.75) is 45.4 Å². The van der Waals surface area contributed by atoms with E-state index in [9.17, 15) is 0 Å². The highest BCUT2D eigenvalue weighted by atomic mass is 31.1. The third-order valence-corrected chi connectivity index (χ3v) is 9.09. The molecule has 5 rings (SSSR count). The van der Waals surface area contributed by atoms with Crippen LogP contribution in [-0.4, -0.2) is 0 Å². The fourth-order valence-corrected chi connectivity index (χ4v) is 7.12. The summed E-state index contributed by atoms with van der Waals surface area (Å²) in [4.78, 5) is 0. The number of hydrogen-bond acceptors (Lipinski definition) is 1. The lowest BCUT2D eigenvalue weighted by Gasteiger charge is -2.38. The van der Waals surface area contributed by atoms with Gasteiger partial charge in [-0.05, 0) is 41.6 Å². The van der Waals surface area contributed by atoms with Crippen LogP contribution in [0.3, 0.4) is 0 Å². The zero-order valence-electron chi connectivity index (χ0n) is 20.1. The van der Waals surface area contributed by atoms with Crippen LogP contribution in [0.4, 0.5) is 0 Å². The molecular formula is C31H31OP. The Morgan fingerprint density at radius 2 is 1.21 bits per heavy atom. The first-order valence-corrected chi connectivity index (χ1v) is 13.0. The second kappa shape index (κ2) is 8.15. The molecule has 0 atom stereocenters. The molecular weight excluding hydrogens is 419 g/mol. The van der Waals surface area contributed by atoms with Crippen LogP contribution in [0.5, 0.6) is 11.5 Å². The molecule has 0 fully saturated rings. The van der Waals surface area contributed by atoms with Crippen molar-refractivity contribution in [3.63, 3.8) is 0 Å². The van der Waals surface area contributed by atoms with E-state index in [2.05, 4.69) is 132 Å². The summed E-state index contributed by atoms with van der Waals surface area (Å²) in [5.41, 5.74) is 3.77. The quantitative estimate of drug-likeness (QED) is 0.301. The first-order valence-electron chi connectivity index (χ1n) is 11.6. The molecule has 33 heavy (non-hydrogen) atoms. The lowest BCUT2D eigenvalue weighted by molar-refractivity contribution is 0.420. The van der Waals surface area contributed by atoms with Crippen LogP contribution in [0.25, 0.3) is 0 Å². The smallest absolute Gasteiger partial charge is 0.139 e. The normalized spacial score (nSPS) is 14.4. The summed E-state index contributed by atoms with van der Waals surface area (Å²) in [5, 5.41) is 3.98. The molecule has 0 saturated heterocycles. The van der Waals surface area contributed by atoms with E-state index in [1.54, 1.807) is 0 Å². The number of hydrogen-bond donors (Lipinski definition) is 0. The lowest BCUT2D eigenvalue weighted by atomic mass is 9.73. The fourth-order valence-electron chi connectivity index (χ4n) is 4.69. The van der Waals surface area contributed by atoms with Crippen LogP contribution < -0.4 is 20.7 Å². The molecule has 166 valence electrons. The van der Waals surface area contributed by atoms with Gasteiger partial charge in [0.25, 0.3) is 0 Å². The Balaban J connectivity index is 1.84. The molecule has 0 aliphatic carbocycles. The molecule has 0 spiro atoms. The summed E-state index contributed by atoms with van der Waals surface area (Å²) >= 11 is 0. The minimum absolute atomic E-state index is 0.0329. The molecule has 1 heterocycles. The van der Waals surface area contributed by atoms with Gasteiger partial charge in [0.05, 0.1) is 0 Å². The second-order valence-electron chi connectivity index (χ2n) is 10.4. The predicted octanol–water partition coefficient (Wildman–Crippen LogP) is 7.17. The molecule has 1 nitrogen and oxygen atoms in total. The van der Waals surface area contributed by atoms with E-state index < -0.39 is 7.92 Å². The Hall–Kier alpha value is -2.89. The Morgan fingerprint density at radius 3 is 1.79 bits per heavy atom. The molecule has 0 unspecified atom stereocenters. The maximum absolute atomic E-state index is 6.75. The lowest BCUT2D eigenvalue weighted by Crippen LogP contribution is -2.31. The average Bonchev–Trinajstić information content (AvgIpc) is 2.80. The second-order valence-corrected chi connectivity index (χ2v) is 12.5. The molecule has 4 aromatic carbocycles. The van der Waals surface area contributed by atoms with Gasteiger partial charge >= 0.3 is 0 Å². The summed E-state index contributed by atoms with van der Waals surface area (Å²) in [6.45, 7) is 11.6. The van der Waals surface area contributed by atoms with Crippen LogP contribution in [0.15, 0.2) is 97.1 Å². The highest BCUT2D eigenvalue weighted by Gasteiger charge is 2.38. The van der Waals surface area contributed by atoms with Gasteiger partial charge in [-0.25, -0.2) is 0 Å². The first-order chi connectivity index (χ1) is 15.8. The maximum atomic E-state index is 6.75. The standard InChI is InChI=1S/C31H31OP/c1-30(2,3)22-20-26-29(32-27-19-13-12-18-25(27)31(26,4)5)28(21-22)33(23-14-8-6-9-15-23)24-16-10-7-11-17-24/h6-21H,1-5H3. The van der Waals surface area contributed by atoms with Crippen molar-refractivity contribution in [3.05, 3.63) is 114 Å². The van der Waals surface area contributed by atoms with Crippen molar-refractivity contribution in [2.24, 2.45) is 0 Å². The van der Waals surface area contributed by atoms with Crippen LogP contribution in [0.2, 0.25) is 0 Å². The van der Waals surface area contributed by atoms with Gasteiger partial charge in [-0.1, -0.05) is 120 Å². The van der Waals surface area contributed by atoms with Gasteiger partial charge in [0, 0.05) is 21.8 Å². The Kier molecular flexibility index (Phi) is 5.42. The van der Waals surface area contributed by atoms with Crippen molar-refractivity contribution < 1.29 is 4.74 Å².